The second-order valence-electron chi connectivity index (χ2n) is 5.48. The molecule has 0 aliphatic carbocycles. The van der Waals surface area contributed by atoms with Crippen LogP contribution >= 0.6 is 0 Å². The highest BCUT2D eigenvalue weighted by molar-refractivity contribution is 6.01. The summed E-state index contributed by atoms with van der Waals surface area (Å²) in [5, 5.41) is 13.2. The molecule has 2 aromatic carbocycles. The van der Waals surface area contributed by atoms with Crippen LogP contribution in [0.1, 0.15) is 28.8 Å². The summed E-state index contributed by atoms with van der Waals surface area (Å²) < 4.78 is 5.18. The lowest BCUT2D eigenvalue weighted by atomic mass is 10.0. The van der Waals surface area contributed by atoms with Gasteiger partial charge in [0.2, 0.25) is 5.91 Å². The molecule has 0 atom stereocenters. The minimum absolute atomic E-state index is 0.00686. The Morgan fingerprint density at radius 2 is 1.80 bits per heavy atom. The van der Waals surface area contributed by atoms with Crippen LogP contribution in [0, 0.1) is 17.0 Å². The molecule has 0 heterocycles. The van der Waals surface area contributed by atoms with Crippen LogP contribution in [0.3, 0.4) is 0 Å². The summed E-state index contributed by atoms with van der Waals surface area (Å²) >= 11 is 0. The predicted octanol–water partition coefficient (Wildman–Crippen LogP) is 3.51. The van der Waals surface area contributed by atoms with Gasteiger partial charge in [0.05, 0.1) is 17.6 Å². The molecule has 0 aliphatic heterocycles. The molecular formula is C18H18N2O5. The maximum Gasteiger partial charge on any atom is 0.269 e. The zero-order chi connectivity index (χ0) is 18.4. The molecule has 0 radical (unpaired) electrons. The van der Waals surface area contributed by atoms with E-state index in [9.17, 15) is 19.7 Å². The fraction of sp³-hybridized carbons (Fsp3) is 0.222. The Hall–Kier alpha value is -3.22. The van der Waals surface area contributed by atoms with Gasteiger partial charge in [-0.2, -0.15) is 0 Å². The number of anilines is 1. The molecule has 0 bridgehead atoms. The van der Waals surface area contributed by atoms with E-state index in [0.717, 1.165) is 5.56 Å². The number of hydrogen-bond donors (Lipinski definition) is 1. The Balaban J connectivity index is 1.94. The van der Waals surface area contributed by atoms with Crippen molar-refractivity contribution >= 4 is 23.1 Å². The maximum atomic E-state index is 12.3. The van der Waals surface area contributed by atoms with Crippen LogP contribution in [0.15, 0.2) is 42.5 Å². The van der Waals surface area contributed by atoms with Crippen LogP contribution in [0.25, 0.3) is 0 Å². The van der Waals surface area contributed by atoms with Crippen LogP contribution in [0.5, 0.6) is 5.75 Å². The molecule has 7 heteroatoms. The number of aryl methyl sites for hydroxylation is 1. The zero-order valence-electron chi connectivity index (χ0n) is 13.9. The van der Waals surface area contributed by atoms with E-state index in [4.69, 9.17) is 4.74 Å². The van der Waals surface area contributed by atoms with E-state index in [0.29, 0.717) is 17.0 Å². The Kier molecular flexibility index (Phi) is 5.84. The normalized spacial score (nSPS) is 10.2. The first-order valence-corrected chi connectivity index (χ1v) is 7.63. The molecule has 0 saturated carbocycles. The van der Waals surface area contributed by atoms with E-state index in [-0.39, 0.29) is 30.2 Å². The van der Waals surface area contributed by atoms with Crippen LogP contribution in [-0.4, -0.2) is 23.7 Å². The van der Waals surface area contributed by atoms with Crippen molar-refractivity contribution in [3.8, 4) is 5.75 Å². The van der Waals surface area contributed by atoms with Crippen LogP contribution in [-0.2, 0) is 4.79 Å². The van der Waals surface area contributed by atoms with Crippen molar-refractivity contribution in [1.82, 2.24) is 0 Å². The molecule has 1 N–H and O–H groups in total. The second kappa shape index (κ2) is 8.05. The summed E-state index contributed by atoms with van der Waals surface area (Å²) in [4.78, 5) is 34.4. The van der Waals surface area contributed by atoms with Gasteiger partial charge in [-0.3, -0.25) is 19.7 Å². The highest BCUT2D eigenvalue weighted by Gasteiger charge is 2.14. The van der Waals surface area contributed by atoms with Gasteiger partial charge >= 0.3 is 0 Å². The first-order valence-electron chi connectivity index (χ1n) is 7.63. The van der Waals surface area contributed by atoms with Crippen molar-refractivity contribution < 1.29 is 19.2 Å². The molecule has 25 heavy (non-hydrogen) atoms. The van der Waals surface area contributed by atoms with E-state index >= 15 is 0 Å². The van der Waals surface area contributed by atoms with Gasteiger partial charge in [0.15, 0.2) is 5.78 Å². The van der Waals surface area contributed by atoms with Gasteiger partial charge in [-0.1, -0.05) is 11.6 Å². The summed E-state index contributed by atoms with van der Waals surface area (Å²) in [5.41, 5.74) is 1.76. The molecular weight excluding hydrogens is 324 g/mol. The molecule has 0 aliphatic rings. The molecule has 0 fully saturated rings. The molecule has 7 nitrogen and oxygen atoms in total. The van der Waals surface area contributed by atoms with E-state index in [1.165, 1.54) is 31.4 Å². The summed E-state index contributed by atoms with van der Waals surface area (Å²) in [5.74, 6) is -0.0420. The standard InChI is InChI=1S/C18H18N2O5/c1-12-3-9-17(25-2)15(11-12)16(21)8-10-18(22)19-13-4-6-14(7-5-13)20(23)24/h3-7,9,11H,8,10H2,1-2H3,(H,19,22). The van der Waals surface area contributed by atoms with Gasteiger partial charge in [-0.05, 0) is 31.2 Å². The number of carbonyl (C=O) groups excluding carboxylic acids is 2. The largest absolute Gasteiger partial charge is 0.496 e. The van der Waals surface area contributed by atoms with Crippen molar-refractivity contribution in [3.63, 3.8) is 0 Å². The lowest BCUT2D eigenvalue weighted by molar-refractivity contribution is -0.384. The number of nitrogens with one attached hydrogen (secondary N) is 1. The van der Waals surface area contributed by atoms with E-state index in [1.54, 1.807) is 12.1 Å². The van der Waals surface area contributed by atoms with Crippen molar-refractivity contribution in [1.29, 1.82) is 0 Å². The van der Waals surface area contributed by atoms with Gasteiger partial charge in [-0.25, -0.2) is 0 Å². The van der Waals surface area contributed by atoms with Crippen LogP contribution < -0.4 is 10.1 Å². The topological polar surface area (TPSA) is 98.5 Å². The summed E-state index contributed by atoms with van der Waals surface area (Å²) in [6.07, 6.45) is 0.0472. The number of ether oxygens (including phenoxy) is 1. The highest BCUT2D eigenvalue weighted by Crippen LogP contribution is 2.22. The summed E-state index contributed by atoms with van der Waals surface area (Å²) in [6, 6.07) is 10.8. The summed E-state index contributed by atoms with van der Waals surface area (Å²) in [6.45, 7) is 1.87. The Morgan fingerprint density at radius 3 is 2.40 bits per heavy atom. The van der Waals surface area contributed by atoms with Gasteiger partial charge < -0.3 is 10.1 Å². The molecule has 130 valence electrons. The number of ketones is 1. The van der Waals surface area contributed by atoms with Crippen LogP contribution in [0.2, 0.25) is 0 Å². The second-order valence-corrected chi connectivity index (χ2v) is 5.48. The van der Waals surface area contributed by atoms with Gasteiger partial charge in [0, 0.05) is 30.7 Å². The molecule has 1 amide bonds. The first kappa shape index (κ1) is 18.1. The molecule has 0 saturated heterocycles. The number of amides is 1. The first-order chi connectivity index (χ1) is 11.9. The minimum Gasteiger partial charge on any atom is -0.496 e. The molecule has 0 aromatic heterocycles. The SMILES string of the molecule is COc1ccc(C)cc1C(=O)CCC(=O)Nc1ccc([N+](=O)[O-])cc1. The number of nitro benzene ring substituents is 1. The zero-order valence-corrected chi connectivity index (χ0v) is 13.9. The number of methoxy groups -OCH3 is 1. The van der Waals surface area contributed by atoms with E-state index < -0.39 is 4.92 Å². The molecule has 2 rings (SSSR count). The van der Waals surface area contributed by atoms with Crippen molar-refractivity contribution in [2.45, 2.75) is 19.8 Å². The van der Waals surface area contributed by atoms with Crippen molar-refractivity contribution in [2.75, 3.05) is 12.4 Å². The minimum atomic E-state index is -0.514. The van der Waals surface area contributed by atoms with Gasteiger partial charge in [0.25, 0.3) is 5.69 Å². The Bertz CT molecular complexity index is 800. The predicted molar refractivity (Wildman–Crippen MR) is 93.0 cm³/mol. The van der Waals surface area contributed by atoms with Crippen molar-refractivity contribution in [2.24, 2.45) is 0 Å². The number of hydrogen-bond acceptors (Lipinski definition) is 5. The van der Waals surface area contributed by atoms with Gasteiger partial charge in [-0.15, -0.1) is 0 Å². The Morgan fingerprint density at radius 1 is 1.12 bits per heavy atom. The highest BCUT2D eigenvalue weighted by atomic mass is 16.6. The van der Waals surface area contributed by atoms with Gasteiger partial charge in [0.1, 0.15) is 5.75 Å². The number of benzene rings is 2. The van der Waals surface area contributed by atoms with Crippen LogP contribution in [0.4, 0.5) is 11.4 Å². The number of non-ortho nitro benzene ring substituents is 1. The number of Topliss-reactive ketones (excluding diaryl/α,β-unsaturated/α-hetero) is 1. The monoisotopic (exact) mass is 342 g/mol. The lowest BCUT2D eigenvalue weighted by Gasteiger charge is -2.09. The molecule has 0 unspecified atom stereocenters. The number of carbonyl (C=O) groups is 2. The third-order valence-corrected chi connectivity index (χ3v) is 3.60. The third-order valence-electron chi connectivity index (χ3n) is 3.60. The molecule has 2 aromatic rings. The lowest BCUT2D eigenvalue weighted by Crippen LogP contribution is -2.14. The van der Waals surface area contributed by atoms with Crippen molar-refractivity contribution in [3.05, 3.63) is 63.7 Å². The smallest absolute Gasteiger partial charge is 0.269 e. The average Bonchev–Trinajstić information content (AvgIpc) is 2.60. The fourth-order valence-corrected chi connectivity index (χ4v) is 2.29. The third kappa shape index (κ3) is 4.87. The number of nitrogens with zero attached hydrogens (tertiary/aromatic N) is 1. The number of rotatable bonds is 7. The van der Waals surface area contributed by atoms with E-state index in [1.807, 2.05) is 13.0 Å². The summed E-state index contributed by atoms with van der Waals surface area (Å²) in [7, 11) is 1.49. The number of nitro groups is 1. The fourth-order valence-electron chi connectivity index (χ4n) is 2.29. The molecule has 0 spiro atoms. The van der Waals surface area contributed by atoms with E-state index in [2.05, 4.69) is 5.32 Å². The maximum absolute atomic E-state index is 12.3. The quantitative estimate of drug-likeness (QED) is 0.471. The average molecular weight is 342 g/mol. The Labute approximate surface area is 144 Å².